The molecule has 0 aliphatic heterocycles. The number of amides is 1. The number of nitro benzene ring substituents is 1. The number of aryl methyl sites for hydroxylation is 1. The second kappa shape index (κ2) is 5.88. The van der Waals surface area contributed by atoms with E-state index in [9.17, 15) is 19.3 Å². The third-order valence-corrected chi connectivity index (χ3v) is 3.06. The predicted octanol–water partition coefficient (Wildman–Crippen LogP) is 3.95. The molecular weight excluding hydrogens is 299 g/mol. The van der Waals surface area contributed by atoms with Gasteiger partial charge in [0.15, 0.2) is 0 Å². The number of carbonyl (C=O) groups is 1. The van der Waals surface area contributed by atoms with E-state index in [-0.39, 0.29) is 16.3 Å². The van der Waals surface area contributed by atoms with Crippen LogP contribution in [0.2, 0.25) is 5.02 Å². The van der Waals surface area contributed by atoms with E-state index in [2.05, 4.69) is 5.32 Å². The zero-order valence-electron chi connectivity index (χ0n) is 10.9. The average molecular weight is 309 g/mol. The number of rotatable bonds is 3. The van der Waals surface area contributed by atoms with E-state index in [1.165, 1.54) is 30.3 Å². The third-order valence-electron chi connectivity index (χ3n) is 2.82. The molecule has 108 valence electrons. The molecule has 0 atom stereocenters. The van der Waals surface area contributed by atoms with Gasteiger partial charge in [0.1, 0.15) is 5.82 Å². The van der Waals surface area contributed by atoms with Gasteiger partial charge in [-0.15, -0.1) is 0 Å². The smallest absolute Gasteiger partial charge is 0.272 e. The summed E-state index contributed by atoms with van der Waals surface area (Å²) in [5.41, 5.74) is 0.479. The first-order chi connectivity index (χ1) is 9.88. The summed E-state index contributed by atoms with van der Waals surface area (Å²) in [6.45, 7) is 1.55. The molecular formula is C14H10ClFN2O3. The molecule has 0 unspecified atom stereocenters. The number of halogens is 2. The molecule has 0 saturated carbocycles. The SMILES string of the molecule is Cc1cc(NC(=O)c2cc(Cl)ccc2F)ccc1[N+](=O)[O-]. The van der Waals surface area contributed by atoms with Crippen LogP contribution in [0.4, 0.5) is 15.8 Å². The standard InChI is InChI=1S/C14H10ClFN2O3/c1-8-6-10(3-5-13(8)18(20)21)17-14(19)11-7-9(15)2-4-12(11)16/h2-7H,1H3,(H,17,19). The first-order valence-corrected chi connectivity index (χ1v) is 6.27. The molecule has 0 saturated heterocycles. The van der Waals surface area contributed by atoms with Crippen LogP contribution < -0.4 is 5.32 Å². The Morgan fingerprint density at radius 2 is 2.00 bits per heavy atom. The van der Waals surface area contributed by atoms with Crippen LogP contribution >= 0.6 is 11.6 Å². The first kappa shape index (κ1) is 14.9. The van der Waals surface area contributed by atoms with Gasteiger partial charge >= 0.3 is 0 Å². The molecule has 2 aromatic rings. The molecule has 21 heavy (non-hydrogen) atoms. The van der Waals surface area contributed by atoms with Crippen molar-refractivity contribution in [1.82, 2.24) is 0 Å². The lowest BCUT2D eigenvalue weighted by Crippen LogP contribution is -2.14. The highest BCUT2D eigenvalue weighted by atomic mass is 35.5. The maximum atomic E-state index is 13.6. The lowest BCUT2D eigenvalue weighted by molar-refractivity contribution is -0.385. The van der Waals surface area contributed by atoms with Crippen molar-refractivity contribution in [1.29, 1.82) is 0 Å². The number of nitrogens with one attached hydrogen (secondary N) is 1. The molecule has 0 radical (unpaired) electrons. The molecule has 2 aromatic carbocycles. The van der Waals surface area contributed by atoms with E-state index >= 15 is 0 Å². The van der Waals surface area contributed by atoms with Crippen LogP contribution in [0, 0.1) is 22.9 Å². The van der Waals surface area contributed by atoms with Gasteiger partial charge < -0.3 is 5.32 Å². The van der Waals surface area contributed by atoms with Crippen molar-refractivity contribution >= 4 is 28.9 Å². The van der Waals surface area contributed by atoms with Crippen molar-refractivity contribution in [3.63, 3.8) is 0 Å². The van der Waals surface area contributed by atoms with E-state index in [0.29, 0.717) is 11.3 Å². The van der Waals surface area contributed by atoms with Crippen molar-refractivity contribution in [3.05, 3.63) is 68.5 Å². The fourth-order valence-electron chi connectivity index (χ4n) is 1.81. The van der Waals surface area contributed by atoms with E-state index in [1.807, 2.05) is 0 Å². The summed E-state index contributed by atoms with van der Waals surface area (Å²) in [5.74, 6) is -1.38. The second-order valence-corrected chi connectivity index (χ2v) is 4.77. The topological polar surface area (TPSA) is 72.2 Å². The molecule has 0 heterocycles. The Hall–Kier alpha value is -2.47. The van der Waals surface area contributed by atoms with E-state index < -0.39 is 16.6 Å². The van der Waals surface area contributed by atoms with Gasteiger partial charge in [-0.05, 0) is 37.3 Å². The molecule has 0 aromatic heterocycles. The molecule has 7 heteroatoms. The highest BCUT2D eigenvalue weighted by Gasteiger charge is 2.15. The quantitative estimate of drug-likeness (QED) is 0.689. The fourth-order valence-corrected chi connectivity index (χ4v) is 1.98. The normalized spacial score (nSPS) is 10.2. The summed E-state index contributed by atoms with van der Waals surface area (Å²) in [6, 6.07) is 7.75. The molecule has 5 nitrogen and oxygen atoms in total. The summed E-state index contributed by atoms with van der Waals surface area (Å²) in [5, 5.41) is 13.4. The molecule has 1 amide bonds. The number of anilines is 1. The summed E-state index contributed by atoms with van der Waals surface area (Å²) in [6.07, 6.45) is 0. The summed E-state index contributed by atoms with van der Waals surface area (Å²) in [4.78, 5) is 22.2. The van der Waals surface area contributed by atoms with Crippen LogP contribution in [0.5, 0.6) is 0 Å². The van der Waals surface area contributed by atoms with E-state index in [4.69, 9.17) is 11.6 Å². The van der Waals surface area contributed by atoms with Crippen LogP contribution in [0.15, 0.2) is 36.4 Å². The van der Waals surface area contributed by atoms with Gasteiger partial charge in [0, 0.05) is 22.3 Å². The second-order valence-electron chi connectivity index (χ2n) is 4.34. The number of hydrogen-bond donors (Lipinski definition) is 1. The zero-order chi connectivity index (χ0) is 15.6. The molecule has 0 bridgehead atoms. The van der Waals surface area contributed by atoms with Gasteiger partial charge in [0.25, 0.3) is 11.6 Å². The minimum atomic E-state index is -0.699. The van der Waals surface area contributed by atoms with Crippen molar-refractivity contribution in [2.75, 3.05) is 5.32 Å². The van der Waals surface area contributed by atoms with Gasteiger partial charge in [0.2, 0.25) is 0 Å². The minimum Gasteiger partial charge on any atom is -0.322 e. The van der Waals surface area contributed by atoms with Crippen LogP contribution in [0.25, 0.3) is 0 Å². The Balaban J connectivity index is 2.26. The monoisotopic (exact) mass is 308 g/mol. The van der Waals surface area contributed by atoms with Crippen molar-refractivity contribution < 1.29 is 14.1 Å². The van der Waals surface area contributed by atoms with Crippen LogP contribution in [0.1, 0.15) is 15.9 Å². The highest BCUT2D eigenvalue weighted by molar-refractivity contribution is 6.31. The molecule has 0 aliphatic rings. The molecule has 2 rings (SSSR count). The number of nitro groups is 1. The van der Waals surface area contributed by atoms with Gasteiger partial charge in [0.05, 0.1) is 10.5 Å². The molecule has 0 spiro atoms. The first-order valence-electron chi connectivity index (χ1n) is 5.90. The van der Waals surface area contributed by atoms with Gasteiger partial charge in [-0.3, -0.25) is 14.9 Å². The van der Waals surface area contributed by atoms with E-state index in [1.54, 1.807) is 6.92 Å². The Morgan fingerprint density at radius 3 is 2.62 bits per heavy atom. The summed E-state index contributed by atoms with van der Waals surface area (Å²) in [7, 11) is 0. The molecule has 0 fully saturated rings. The number of nitrogens with zero attached hydrogens (tertiary/aromatic N) is 1. The lowest BCUT2D eigenvalue weighted by Gasteiger charge is -2.07. The number of carbonyl (C=O) groups excluding carboxylic acids is 1. The maximum Gasteiger partial charge on any atom is 0.272 e. The number of benzene rings is 2. The average Bonchev–Trinajstić information content (AvgIpc) is 2.41. The van der Waals surface area contributed by atoms with E-state index in [0.717, 1.165) is 6.07 Å². The summed E-state index contributed by atoms with van der Waals surface area (Å²) < 4.78 is 13.6. The Kier molecular flexibility index (Phi) is 4.18. The lowest BCUT2D eigenvalue weighted by atomic mass is 10.1. The Labute approximate surface area is 124 Å². The minimum absolute atomic E-state index is 0.0538. The zero-order valence-corrected chi connectivity index (χ0v) is 11.6. The summed E-state index contributed by atoms with van der Waals surface area (Å²) >= 11 is 5.72. The van der Waals surface area contributed by atoms with Crippen LogP contribution in [-0.2, 0) is 0 Å². The maximum absolute atomic E-state index is 13.6. The third kappa shape index (κ3) is 3.35. The van der Waals surface area contributed by atoms with Crippen LogP contribution in [0.3, 0.4) is 0 Å². The Morgan fingerprint density at radius 1 is 1.29 bits per heavy atom. The molecule has 1 N–H and O–H groups in total. The van der Waals surface area contributed by atoms with Gasteiger partial charge in [-0.1, -0.05) is 11.6 Å². The highest BCUT2D eigenvalue weighted by Crippen LogP contribution is 2.22. The van der Waals surface area contributed by atoms with Crippen molar-refractivity contribution in [2.24, 2.45) is 0 Å². The fraction of sp³-hybridized carbons (Fsp3) is 0.0714. The largest absolute Gasteiger partial charge is 0.322 e. The van der Waals surface area contributed by atoms with Crippen LogP contribution in [-0.4, -0.2) is 10.8 Å². The van der Waals surface area contributed by atoms with Crippen molar-refractivity contribution in [3.8, 4) is 0 Å². The Bertz CT molecular complexity index is 734. The predicted molar refractivity (Wildman–Crippen MR) is 77.2 cm³/mol. The molecule has 0 aliphatic carbocycles. The van der Waals surface area contributed by atoms with Gasteiger partial charge in [-0.2, -0.15) is 0 Å². The van der Waals surface area contributed by atoms with Gasteiger partial charge in [-0.25, -0.2) is 4.39 Å². The van der Waals surface area contributed by atoms with Crippen molar-refractivity contribution in [2.45, 2.75) is 6.92 Å². The number of hydrogen-bond acceptors (Lipinski definition) is 3.